The van der Waals surface area contributed by atoms with Crippen molar-refractivity contribution >= 4 is 17.7 Å². The fraction of sp³-hybridized carbons (Fsp3) is 0.333. The molecule has 0 atom stereocenters. The summed E-state index contributed by atoms with van der Waals surface area (Å²) in [6.45, 7) is 11.0. The molecule has 0 saturated carbocycles. The van der Waals surface area contributed by atoms with Crippen molar-refractivity contribution < 1.29 is 14.4 Å². The molecule has 0 spiro atoms. The number of rotatable bonds is 4. The van der Waals surface area contributed by atoms with Crippen LogP contribution in [0, 0.1) is 5.92 Å². The van der Waals surface area contributed by atoms with Crippen LogP contribution in [-0.4, -0.2) is 35.1 Å². The lowest BCUT2D eigenvalue weighted by molar-refractivity contribution is -0.0427. The fourth-order valence-corrected chi connectivity index (χ4v) is 3.47. The Labute approximate surface area is 154 Å². The van der Waals surface area contributed by atoms with Crippen LogP contribution in [0.25, 0.3) is 5.70 Å². The first-order chi connectivity index (χ1) is 12.5. The molecule has 1 aromatic carbocycles. The number of amides is 2. The summed E-state index contributed by atoms with van der Waals surface area (Å²) in [5, 5.41) is 1.01. The maximum atomic E-state index is 12.5. The van der Waals surface area contributed by atoms with Gasteiger partial charge in [0.25, 0.3) is 5.91 Å². The molecule has 0 bridgehead atoms. The van der Waals surface area contributed by atoms with Crippen LogP contribution in [-0.2, 0) is 4.84 Å². The first-order valence-corrected chi connectivity index (χ1v) is 8.92. The van der Waals surface area contributed by atoms with Crippen LogP contribution >= 0.6 is 0 Å². The Morgan fingerprint density at radius 1 is 1.27 bits per heavy atom. The van der Waals surface area contributed by atoms with E-state index < -0.39 is 6.09 Å². The minimum absolute atomic E-state index is 0.349. The molecule has 0 aliphatic carbocycles. The van der Waals surface area contributed by atoms with Gasteiger partial charge in [-0.05, 0) is 38.2 Å². The molecule has 1 aromatic rings. The Morgan fingerprint density at radius 3 is 2.50 bits per heavy atom. The highest BCUT2D eigenvalue weighted by molar-refractivity contribution is 6.08. The van der Waals surface area contributed by atoms with Gasteiger partial charge in [-0.2, -0.15) is 0 Å². The number of carbonyl (C=O) groups excluding carboxylic acids is 2. The summed E-state index contributed by atoms with van der Waals surface area (Å²) in [6, 6.07) is 7.12. The zero-order chi connectivity index (χ0) is 18.7. The van der Waals surface area contributed by atoms with Crippen LogP contribution < -0.4 is 0 Å². The van der Waals surface area contributed by atoms with E-state index in [1.54, 1.807) is 23.1 Å². The molecular formula is C21H24N2O3. The van der Waals surface area contributed by atoms with Gasteiger partial charge < -0.3 is 9.74 Å². The smallest absolute Gasteiger partial charge is 0.313 e. The standard InChI is InChI=1S/C21H24N2O3/c1-4-16(5-2)14-17-10-12-22(13-11-17)21(25)26-23-15(3)18-8-6-7-9-19(18)20(23)24/h4-9,17H,1,3,10-14H2,2H3/b16-5+. The topological polar surface area (TPSA) is 49.9 Å². The van der Waals surface area contributed by atoms with Gasteiger partial charge in [0.05, 0.1) is 11.3 Å². The molecule has 2 heterocycles. The molecule has 0 radical (unpaired) electrons. The Bertz CT molecular complexity index is 738. The number of nitrogens with zero attached hydrogens (tertiary/aromatic N) is 2. The van der Waals surface area contributed by atoms with E-state index >= 15 is 0 Å². The van der Waals surface area contributed by atoms with Crippen molar-refractivity contribution in [3.8, 4) is 0 Å². The van der Waals surface area contributed by atoms with E-state index in [9.17, 15) is 9.59 Å². The lowest BCUT2D eigenvalue weighted by Gasteiger charge is -2.32. The summed E-state index contributed by atoms with van der Waals surface area (Å²) < 4.78 is 0. The van der Waals surface area contributed by atoms with Gasteiger partial charge in [0.2, 0.25) is 0 Å². The molecule has 0 N–H and O–H groups in total. The number of hydrogen-bond acceptors (Lipinski definition) is 3. The molecule has 2 aliphatic rings. The summed E-state index contributed by atoms with van der Waals surface area (Å²) in [5.41, 5.74) is 2.85. The van der Waals surface area contributed by atoms with Crippen molar-refractivity contribution in [2.24, 2.45) is 5.92 Å². The summed E-state index contributed by atoms with van der Waals surface area (Å²) >= 11 is 0. The number of fused-ring (bicyclic) bond motifs is 1. The van der Waals surface area contributed by atoms with E-state index in [-0.39, 0.29) is 5.91 Å². The van der Waals surface area contributed by atoms with E-state index in [4.69, 9.17) is 4.84 Å². The molecule has 136 valence electrons. The molecule has 5 heteroatoms. The van der Waals surface area contributed by atoms with Crippen LogP contribution in [0.4, 0.5) is 4.79 Å². The van der Waals surface area contributed by atoms with Crippen LogP contribution in [0.1, 0.15) is 42.1 Å². The monoisotopic (exact) mass is 352 g/mol. The highest BCUT2D eigenvalue weighted by Crippen LogP contribution is 2.32. The minimum Gasteiger partial charge on any atom is -0.313 e. The summed E-state index contributed by atoms with van der Waals surface area (Å²) in [7, 11) is 0. The zero-order valence-electron chi connectivity index (χ0n) is 15.1. The number of hydroxylamine groups is 2. The Balaban J connectivity index is 1.56. The molecular weight excluding hydrogens is 328 g/mol. The third-order valence-electron chi connectivity index (χ3n) is 5.10. The highest BCUT2D eigenvalue weighted by atomic mass is 16.7. The molecule has 3 rings (SSSR count). The number of allylic oxidation sites excluding steroid dienone is 3. The number of piperidine rings is 1. The lowest BCUT2D eigenvalue weighted by atomic mass is 9.90. The normalized spacial score (nSPS) is 18.1. The highest BCUT2D eigenvalue weighted by Gasteiger charge is 2.35. The molecule has 26 heavy (non-hydrogen) atoms. The van der Waals surface area contributed by atoms with Gasteiger partial charge in [-0.15, -0.1) is 5.06 Å². The molecule has 2 aliphatic heterocycles. The Kier molecular flexibility index (Phi) is 5.26. The summed E-state index contributed by atoms with van der Waals surface area (Å²) in [4.78, 5) is 31.9. The van der Waals surface area contributed by atoms with Gasteiger partial charge in [0, 0.05) is 18.7 Å². The van der Waals surface area contributed by atoms with E-state index in [2.05, 4.69) is 19.2 Å². The third-order valence-corrected chi connectivity index (χ3v) is 5.10. The van der Waals surface area contributed by atoms with E-state index in [1.165, 1.54) is 5.57 Å². The summed E-state index contributed by atoms with van der Waals surface area (Å²) in [6.07, 6.45) is 6.28. The number of benzene rings is 1. The maximum absolute atomic E-state index is 12.5. The van der Waals surface area contributed by atoms with Crippen molar-refractivity contribution in [3.05, 3.63) is 66.3 Å². The predicted octanol–water partition coefficient (Wildman–Crippen LogP) is 4.40. The molecule has 2 amide bonds. The van der Waals surface area contributed by atoms with E-state index in [1.807, 2.05) is 19.1 Å². The van der Waals surface area contributed by atoms with E-state index in [0.717, 1.165) is 24.3 Å². The molecule has 5 nitrogen and oxygen atoms in total. The van der Waals surface area contributed by atoms with Crippen LogP contribution in [0.5, 0.6) is 0 Å². The van der Waals surface area contributed by atoms with Crippen molar-refractivity contribution in [2.75, 3.05) is 13.1 Å². The molecule has 1 saturated heterocycles. The maximum Gasteiger partial charge on any atom is 0.434 e. The minimum atomic E-state index is -0.499. The van der Waals surface area contributed by atoms with Gasteiger partial charge in [-0.25, -0.2) is 4.79 Å². The van der Waals surface area contributed by atoms with Gasteiger partial charge in [-0.3, -0.25) is 4.79 Å². The Morgan fingerprint density at radius 2 is 1.92 bits per heavy atom. The Hall–Kier alpha value is -2.82. The quantitative estimate of drug-likeness (QED) is 0.755. The first kappa shape index (κ1) is 18.0. The predicted molar refractivity (Wildman–Crippen MR) is 101 cm³/mol. The average molecular weight is 352 g/mol. The largest absolute Gasteiger partial charge is 0.434 e. The van der Waals surface area contributed by atoms with Crippen LogP contribution in [0.15, 0.2) is 55.1 Å². The SMILES string of the molecule is C=C/C(=C\C)CC1CCN(C(=O)ON2C(=C)c3ccccc3C2=O)CC1. The second-order valence-corrected chi connectivity index (χ2v) is 6.65. The van der Waals surface area contributed by atoms with Crippen LogP contribution in [0.3, 0.4) is 0 Å². The van der Waals surface area contributed by atoms with Crippen molar-refractivity contribution in [2.45, 2.75) is 26.2 Å². The number of likely N-dealkylation sites (tertiary alicyclic amines) is 1. The second-order valence-electron chi connectivity index (χ2n) is 6.65. The summed E-state index contributed by atoms with van der Waals surface area (Å²) in [5.74, 6) is 0.188. The first-order valence-electron chi connectivity index (χ1n) is 8.92. The van der Waals surface area contributed by atoms with Gasteiger partial charge in [0.1, 0.15) is 0 Å². The zero-order valence-corrected chi connectivity index (χ0v) is 15.1. The van der Waals surface area contributed by atoms with Gasteiger partial charge >= 0.3 is 6.09 Å². The molecule has 0 unspecified atom stereocenters. The molecule has 0 aromatic heterocycles. The number of carbonyl (C=O) groups is 2. The fourth-order valence-electron chi connectivity index (χ4n) is 3.47. The van der Waals surface area contributed by atoms with Crippen molar-refractivity contribution in [1.82, 2.24) is 9.96 Å². The number of hydrogen-bond donors (Lipinski definition) is 0. The van der Waals surface area contributed by atoms with Crippen LogP contribution in [0.2, 0.25) is 0 Å². The van der Waals surface area contributed by atoms with Crippen molar-refractivity contribution in [1.29, 1.82) is 0 Å². The lowest BCUT2D eigenvalue weighted by Crippen LogP contribution is -2.42. The average Bonchev–Trinajstić information content (AvgIpc) is 2.91. The van der Waals surface area contributed by atoms with Gasteiger partial charge in [-0.1, -0.05) is 49.1 Å². The third kappa shape index (κ3) is 3.43. The van der Waals surface area contributed by atoms with Crippen molar-refractivity contribution in [3.63, 3.8) is 0 Å². The van der Waals surface area contributed by atoms with Gasteiger partial charge in [0.15, 0.2) is 0 Å². The molecule has 1 fully saturated rings. The second kappa shape index (κ2) is 7.60. The van der Waals surface area contributed by atoms with E-state index in [0.29, 0.717) is 35.8 Å².